The molecule has 12 aromatic rings. The zero-order chi connectivity index (χ0) is 44.3. The van der Waals surface area contributed by atoms with Gasteiger partial charge in [0.25, 0.3) is 0 Å². The van der Waals surface area contributed by atoms with Crippen LogP contribution in [0.2, 0.25) is 0 Å². The number of para-hydroxylation sites is 4. The predicted octanol–water partition coefficient (Wildman–Crippen LogP) is 16.6. The van der Waals surface area contributed by atoms with Crippen molar-refractivity contribution in [2.45, 2.75) is 5.41 Å². The highest BCUT2D eigenvalue weighted by Gasteiger charge is 2.46. The van der Waals surface area contributed by atoms with Gasteiger partial charge in [0.2, 0.25) is 0 Å². The van der Waals surface area contributed by atoms with E-state index in [2.05, 4.69) is 276 Å². The zero-order valence-corrected chi connectivity index (χ0v) is 36.8. The standard InChI is InChI=1S/C65H44N2/c1-5-17-49(18-6-1)65(50-19-7-2-8-20-50)59-43-47(31-29-45-35-39-63-57(41-45)55-25-13-15-27-61(55)66(63)51-21-9-3-10-22-51)33-37-53(59)54-38-34-48(44-60(54)65)32-30-46-36-40-64-58(42-46)56-26-14-16-28-62(56)67(64)52-23-11-4-12-24-52/h1-44H/b31-29+,32-30+. The largest absolute Gasteiger partial charge is 0.309 e. The van der Waals surface area contributed by atoms with Crippen molar-refractivity contribution in [3.8, 4) is 22.5 Å². The van der Waals surface area contributed by atoms with E-state index in [0.29, 0.717) is 0 Å². The first-order valence-corrected chi connectivity index (χ1v) is 23.2. The van der Waals surface area contributed by atoms with Crippen LogP contribution in [0, 0.1) is 0 Å². The quantitative estimate of drug-likeness (QED) is 0.135. The van der Waals surface area contributed by atoms with Gasteiger partial charge in [-0.3, -0.25) is 0 Å². The maximum absolute atomic E-state index is 2.43. The van der Waals surface area contributed by atoms with Gasteiger partial charge in [-0.15, -0.1) is 0 Å². The Bertz CT molecular complexity index is 3630. The topological polar surface area (TPSA) is 9.86 Å². The molecule has 1 aliphatic carbocycles. The third kappa shape index (κ3) is 6.26. The molecule has 0 N–H and O–H groups in total. The summed E-state index contributed by atoms with van der Waals surface area (Å²) < 4.78 is 4.74. The van der Waals surface area contributed by atoms with Crippen LogP contribution in [0.3, 0.4) is 0 Å². The Hall–Kier alpha value is -8.72. The van der Waals surface area contributed by atoms with Gasteiger partial charge in [0, 0.05) is 32.9 Å². The molecular weight excluding hydrogens is 809 g/mol. The molecule has 0 fully saturated rings. The SMILES string of the molecule is C(=C\c1ccc2c(c1)c1ccccc1n2-c1ccccc1)/c1ccc2c(c1)C(c1ccccc1)(c1ccccc1)c1cc(/C=C/c3ccc4c(c3)c3ccccc3n4-c3ccccc3)ccc1-2. The lowest BCUT2D eigenvalue weighted by molar-refractivity contribution is 0.768. The molecule has 0 atom stereocenters. The van der Waals surface area contributed by atoms with E-state index in [1.54, 1.807) is 0 Å². The molecule has 314 valence electrons. The molecule has 0 amide bonds. The van der Waals surface area contributed by atoms with Gasteiger partial charge < -0.3 is 9.13 Å². The number of aromatic nitrogens is 2. The highest BCUT2D eigenvalue weighted by atomic mass is 15.0. The lowest BCUT2D eigenvalue weighted by atomic mass is 9.67. The maximum atomic E-state index is 2.43. The summed E-state index contributed by atoms with van der Waals surface area (Å²) in [5.41, 5.74) is 18.9. The van der Waals surface area contributed by atoms with Crippen molar-refractivity contribution in [1.29, 1.82) is 0 Å². The molecule has 0 saturated carbocycles. The van der Waals surface area contributed by atoms with Crippen molar-refractivity contribution in [2.24, 2.45) is 0 Å². The zero-order valence-electron chi connectivity index (χ0n) is 36.8. The number of nitrogens with zero attached hydrogens (tertiary/aromatic N) is 2. The summed E-state index contributed by atoms with van der Waals surface area (Å²) in [4.78, 5) is 0. The first kappa shape index (κ1) is 38.7. The predicted molar refractivity (Wildman–Crippen MR) is 283 cm³/mol. The van der Waals surface area contributed by atoms with E-state index in [4.69, 9.17) is 0 Å². The summed E-state index contributed by atoms with van der Waals surface area (Å²) in [6, 6.07) is 88.8. The summed E-state index contributed by atoms with van der Waals surface area (Å²) >= 11 is 0. The normalized spacial score (nSPS) is 13.1. The Labute approximate surface area is 390 Å². The first-order valence-electron chi connectivity index (χ1n) is 23.2. The van der Waals surface area contributed by atoms with Gasteiger partial charge in [-0.1, -0.05) is 194 Å². The Balaban J connectivity index is 0.910. The van der Waals surface area contributed by atoms with E-state index >= 15 is 0 Å². The molecule has 67 heavy (non-hydrogen) atoms. The fourth-order valence-corrected chi connectivity index (χ4v) is 11.0. The van der Waals surface area contributed by atoms with E-state index in [-0.39, 0.29) is 0 Å². The van der Waals surface area contributed by atoms with Gasteiger partial charge in [-0.2, -0.15) is 0 Å². The molecular formula is C65H44N2. The van der Waals surface area contributed by atoms with Crippen molar-refractivity contribution < 1.29 is 0 Å². The fraction of sp³-hybridized carbons (Fsp3) is 0.0154. The minimum atomic E-state index is -0.531. The molecule has 2 nitrogen and oxygen atoms in total. The Kier molecular flexibility index (Phi) is 9.11. The molecule has 0 radical (unpaired) electrons. The lowest BCUT2D eigenvalue weighted by Crippen LogP contribution is -2.28. The van der Waals surface area contributed by atoms with Gasteiger partial charge in [-0.25, -0.2) is 0 Å². The molecule has 0 saturated heterocycles. The molecule has 13 rings (SSSR count). The summed E-state index contributed by atoms with van der Waals surface area (Å²) in [6.07, 6.45) is 9.10. The van der Waals surface area contributed by atoms with Crippen molar-refractivity contribution >= 4 is 67.9 Å². The molecule has 2 aromatic heterocycles. The van der Waals surface area contributed by atoms with Crippen LogP contribution in [0.1, 0.15) is 44.5 Å². The molecule has 2 heteroatoms. The molecule has 10 aromatic carbocycles. The lowest BCUT2D eigenvalue weighted by Gasteiger charge is -2.34. The molecule has 0 spiro atoms. The summed E-state index contributed by atoms with van der Waals surface area (Å²) in [6.45, 7) is 0. The second-order valence-corrected chi connectivity index (χ2v) is 17.7. The number of hydrogen-bond donors (Lipinski definition) is 0. The van der Waals surface area contributed by atoms with Gasteiger partial charge >= 0.3 is 0 Å². The van der Waals surface area contributed by atoms with Crippen molar-refractivity contribution in [3.05, 3.63) is 287 Å². The first-order chi connectivity index (χ1) is 33.2. The number of benzene rings is 10. The third-order valence-electron chi connectivity index (χ3n) is 14.0. The van der Waals surface area contributed by atoms with Crippen LogP contribution < -0.4 is 0 Å². The average molecular weight is 853 g/mol. The van der Waals surface area contributed by atoms with Gasteiger partial charge in [0.1, 0.15) is 0 Å². The molecule has 0 unspecified atom stereocenters. The number of rotatable bonds is 8. The molecule has 0 bridgehead atoms. The minimum absolute atomic E-state index is 0.531. The van der Waals surface area contributed by atoms with E-state index in [9.17, 15) is 0 Å². The highest BCUT2D eigenvalue weighted by molar-refractivity contribution is 6.11. The van der Waals surface area contributed by atoms with Gasteiger partial charge in [0.15, 0.2) is 0 Å². The van der Waals surface area contributed by atoms with Gasteiger partial charge in [0.05, 0.1) is 27.5 Å². The van der Waals surface area contributed by atoms with E-state index < -0.39 is 5.41 Å². The van der Waals surface area contributed by atoms with Crippen molar-refractivity contribution in [2.75, 3.05) is 0 Å². The Morgan fingerprint density at radius 2 is 0.597 bits per heavy atom. The fourth-order valence-electron chi connectivity index (χ4n) is 11.0. The number of fused-ring (bicyclic) bond motifs is 9. The van der Waals surface area contributed by atoms with E-state index in [1.807, 2.05) is 0 Å². The van der Waals surface area contributed by atoms with Crippen molar-refractivity contribution in [3.63, 3.8) is 0 Å². The maximum Gasteiger partial charge on any atom is 0.0713 e. The van der Waals surface area contributed by atoms with Crippen LogP contribution in [0.25, 0.3) is 90.4 Å². The molecule has 0 aliphatic heterocycles. The molecule has 2 heterocycles. The van der Waals surface area contributed by atoms with Crippen LogP contribution >= 0.6 is 0 Å². The van der Waals surface area contributed by atoms with Crippen LogP contribution in [-0.2, 0) is 5.41 Å². The minimum Gasteiger partial charge on any atom is -0.309 e. The van der Waals surface area contributed by atoms with Crippen LogP contribution in [0.5, 0.6) is 0 Å². The van der Waals surface area contributed by atoms with Gasteiger partial charge in [-0.05, 0) is 128 Å². The Morgan fingerprint density at radius 1 is 0.269 bits per heavy atom. The second kappa shape index (κ2) is 15.8. The van der Waals surface area contributed by atoms with Crippen LogP contribution in [0.15, 0.2) is 243 Å². The van der Waals surface area contributed by atoms with Crippen molar-refractivity contribution in [1.82, 2.24) is 9.13 Å². The summed E-state index contributed by atoms with van der Waals surface area (Å²) in [7, 11) is 0. The van der Waals surface area contributed by atoms with Crippen LogP contribution in [-0.4, -0.2) is 9.13 Å². The second-order valence-electron chi connectivity index (χ2n) is 17.7. The van der Waals surface area contributed by atoms with E-state index in [1.165, 1.54) is 111 Å². The summed E-state index contributed by atoms with van der Waals surface area (Å²) in [5, 5.41) is 5.01. The monoisotopic (exact) mass is 852 g/mol. The molecule has 1 aliphatic rings. The average Bonchev–Trinajstić information content (AvgIpc) is 4.01. The number of hydrogen-bond acceptors (Lipinski definition) is 0. The Morgan fingerprint density at radius 3 is 1.01 bits per heavy atom. The van der Waals surface area contributed by atoms with E-state index in [0.717, 1.165) is 0 Å². The highest BCUT2D eigenvalue weighted by Crippen LogP contribution is 2.56. The van der Waals surface area contributed by atoms with Crippen LogP contribution in [0.4, 0.5) is 0 Å². The summed E-state index contributed by atoms with van der Waals surface area (Å²) in [5.74, 6) is 0. The smallest absolute Gasteiger partial charge is 0.0713 e. The third-order valence-corrected chi connectivity index (χ3v) is 14.0.